The molecule has 1 aliphatic heterocycles. The first kappa shape index (κ1) is 13.7. The van der Waals surface area contributed by atoms with Crippen LogP contribution in [0.25, 0.3) is 21.9 Å². The number of pyridine rings is 1. The maximum atomic E-state index is 5.55. The number of aromatic amines is 1. The number of fused-ring (bicyclic) bond motifs is 3. The molecule has 0 spiro atoms. The molecule has 1 saturated heterocycles. The summed E-state index contributed by atoms with van der Waals surface area (Å²) < 4.78 is 3.07. The van der Waals surface area contributed by atoms with E-state index in [9.17, 15) is 0 Å². The van der Waals surface area contributed by atoms with Crippen molar-refractivity contribution in [1.29, 1.82) is 0 Å². The van der Waals surface area contributed by atoms with Crippen molar-refractivity contribution in [2.24, 2.45) is 0 Å². The molecule has 3 aromatic rings. The van der Waals surface area contributed by atoms with Crippen LogP contribution in [-0.4, -0.2) is 37.0 Å². The molecule has 1 N–H and O–H groups in total. The van der Waals surface area contributed by atoms with Crippen molar-refractivity contribution < 1.29 is 0 Å². The summed E-state index contributed by atoms with van der Waals surface area (Å²) in [6.45, 7) is 0.977. The van der Waals surface area contributed by atoms with E-state index in [1.165, 1.54) is 28.2 Å². The number of thioether (sulfide) groups is 2. The molecule has 0 bridgehead atoms. The normalized spacial score (nSPS) is 19.3. The smallest absolute Gasteiger partial charge is 0.178 e. The zero-order chi connectivity index (χ0) is 14.2. The third-order valence-electron chi connectivity index (χ3n) is 3.77. The summed E-state index contributed by atoms with van der Waals surface area (Å²) in [5.74, 6) is 3.72. The minimum atomic E-state index is 0.640. The van der Waals surface area contributed by atoms with Crippen LogP contribution in [0.4, 0.5) is 0 Å². The average molecular weight is 334 g/mol. The third kappa shape index (κ3) is 2.49. The van der Waals surface area contributed by atoms with E-state index < -0.39 is 0 Å². The Morgan fingerprint density at radius 1 is 1.33 bits per heavy atom. The summed E-state index contributed by atoms with van der Waals surface area (Å²) in [6, 6.07) is 8.28. The minimum Gasteiger partial charge on any atom is -0.329 e. The molecule has 4 rings (SSSR count). The van der Waals surface area contributed by atoms with Crippen LogP contribution in [0, 0.1) is 4.77 Å². The highest BCUT2D eigenvalue weighted by molar-refractivity contribution is 8.06. The van der Waals surface area contributed by atoms with Gasteiger partial charge < -0.3 is 9.55 Å². The van der Waals surface area contributed by atoms with Gasteiger partial charge in [0.15, 0.2) is 4.77 Å². The standard InChI is InChI=1S/C15H15N3S3/c19-15-17-13-7-16-12-4-2-1-3-11(12)14(13)18(15)8-10-9-20-5-6-21-10/h1-4,7,10H,5-6,8-9H2,(H,17,19). The summed E-state index contributed by atoms with van der Waals surface area (Å²) in [4.78, 5) is 7.82. The van der Waals surface area contributed by atoms with Crippen LogP contribution in [0.1, 0.15) is 0 Å². The maximum Gasteiger partial charge on any atom is 0.178 e. The molecule has 1 unspecified atom stereocenters. The van der Waals surface area contributed by atoms with Crippen molar-refractivity contribution in [1.82, 2.24) is 14.5 Å². The van der Waals surface area contributed by atoms with E-state index in [0.717, 1.165) is 22.3 Å². The molecule has 6 heteroatoms. The molecule has 3 nitrogen and oxygen atoms in total. The SMILES string of the molecule is S=c1[nH]c2cnc3ccccc3c2n1CC1CSCCS1. The van der Waals surface area contributed by atoms with Gasteiger partial charge in [-0.25, -0.2) is 0 Å². The Morgan fingerprint density at radius 3 is 3.10 bits per heavy atom. The van der Waals surface area contributed by atoms with Crippen LogP contribution in [0.5, 0.6) is 0 Å². The fourth-order valence-corrected chi connectivity index (χ4v) is 5.74. The van der Waals surface area contributed by atoms with E-state index in [4.69, 9.17) is 12.2 Å². The largest absolute Gasteiger partial charge is 0.329 e. The van der Waals surface area contributed by atoms with Gasteiger partial charge in [0.1, 0.15) is 0 Å². The van der Waals surface area contributed by atoms with Gasteiger partial charge in [-0.2, -0.15) is 23.5 Å². The van der Waals surface area contributed by atoms with E-state index in [0.29, 0.717) is 5.25 Å². The molecular weight excluding hydrogens is 318 g/mol. The molecule has 0 saturated carbocycles. The lowest BCUT2D eigenvalue weighted by molar-refractivity contribution is 0.706. The summed E-state index contributed by atoms with van der Waals surface area (Å²) >= 11 is 9.66. The maximum absolute atomic E-state index is 5.55. The zero-order valence-electron chi connectivity index (χ0n) is 11.4. The van der Waals surface area contributed by atoms with Crippen molar-refractivity contribution in [2.45, 2.75) is 11.8 Å². The molecule has 1 aromatic carbocycles. The number of aromatic nitrogens is 3. The number of H-pyrrole nitrogens is 1. The number of para-hydroxylation sites is 1. The lowest BCUT2D eigenvalue weighted by Crippen LogP contribution is -2.20. The molecule has 0 amide bonds. The van der Waals surface area contributed by atoms with Gasteiger partial charge in [0.2, 0.25) is 0 Å². The Kier molecular flexibility index (Phi) is 3.69. The fourth-order valence-electron chi connectivity index (χ4n) is 2.81. The van der Waals surface area contributed by atoms with Crippen molar-refractivity contribution in [3.05, 3.63) is 35.2 Å². The number of hydrogen-bond donors (Lipinski definition) is 1. The first-order valence-electron chi connectivity index (χ1n) is 6.98. The molecule has 1 fully saturated rings. The highest BCUT2D eigenvalue weighted by Crippen LogP contribution is 2.28. The van der Waals surface area contributed by atoms with Crippen LogP contribution in [-0.2, 0) is 6.54 Å². The van der Waals surface area contributed by atoms with Gasteiger partial charge >= 0.3 is 0 Å². The molecule has 2 aromatic heterocycles. The number of benzene rings is 1. The third-order valence-corrected chi connectivity index (χ3v) is 6.92. The minimum absolute atomic E-state index is 0.640. The van der Waals surface area contributed by atoms with Crippen LogP contribution in [0.2, 0.25) is 0 Å². The summed E-state index contributed by atoms with van der Waals surface area (Å²) in [5, 5.41) is 1.82. The highest BCUT2D eigenvalue weighted by atomic mass is 32.2. The molecule has 1 aliphatic rings. The number of nitrogens with one attached hydrogen (secondary N) is 1. The van der Waals surface area contributed by atoms with Gasteiger partial charge in [-0.1, -0.05) is 18.2 Å². The van der Waals surface area contributed by atoms with Crippen LogP contribution in [0.3, 0.4) is 0 Å². The van der Waals surface area contributed by atoms with Crippen LogP contribution in [0.15, 0.2) is 30.5 Å². The summed E-state index contributed by atoms with van der Waals surface area (Å²) in [6.07, 6.45) is 1.90. The van der Waals surface area contributed by atoms with Crippen molar-refractivity contribution in [3.63, 3.8) is 0 Å². The van der Waals surface area contributed by atoms with E-state index in [2.05, 4.69) is 44.5 Å². The second kappa shape index (κ2) is 5.66. The lowest BCUT2D eigenvalue weighted by Gasteiger charge is -2.21. The number of hydrogen-bond acceptors (Lipinski definition) is 4. The Labute approximate surface area is 136 Å². The Balaban J connectivity index is 1.88. The zero-order valence-corrected chi connectivity index (χ0v) is 13.9. The fraction of sp³-hybridized carbons (Fsp3) is 0.333. The van der Waals surface area contributed by atoms with Crippen LogP contribution < -0.4 is 0 Å². The van der Waals surface area contributed by atoms with Gasteiger partial charge in [0, 0.05) is 34.4 Å². The molecule has 108 valence electrons. The predicted molar refractivity (Wildman–Crippen MR) is 96.0 cm³/mol. The summed E-state index contributed by atoms with van der Waals surface area (Å²) in [7, 11) is 0. The molecule has 3 heterocycles. The number of imidazole rings is 1. The van der Waals surface area contributed by atoms with Crippen molar-refractivity contribution in [3.8, 4) is 0 Å². The molecule has 1 atom stereocenters. The Bertz CT molecular complexity index is 846. The second-order valence-electron chi connectivity index (χ2n) is 5.15. The topological polar surface area (TPSA) is 33.6 Å². The lowest BCUT2D eigenvalue weighted by atomic mass is 10.2. The van der Waals surface area contributed by atoms with E-state index >= 15 is 0 Å². The second-order valence-corrected chi connectivity index (χ2v) is 8.09. The molecular formula is C15H15N3S3. The first-order chi connectivity index (χ1) is 10.3. The number of rotatable bonds is 2. The average Bonchev–Trinajstić information content (AvgIpc) is 2.85. The first-order valence-corrected chi connectivity index (χ1v) is 9.60. The summed E-state index contributed by atoms with van der Waals surface area (Å²) in [5.41, 5.74) is 3.26. The highest BCUT2D eigenvalue weighted by Gasteiger charge is 2.17. The molecule has 0 aliphatic carbocycles. The molecule has 21 heavy (non-hydrogen) atoms. The van der Waals surface area contributed by atoms with Gasteiger partial charge in [-0.15, -0.1) is 0 Å². The van der Waals surface area contributed by atoms with Gasteiger partial charge in [-0.05, 0) is 18.3 Å². The Morgan fingerprint density at radius 2 is 2.24 bits per heavy atom. The van der Waals surface area contributed by atoms with E-state index in [1.807, 2.05) is 24.0 Å². The van der Waals surface area contributed by atoms with E-state index in [1.54, 1.807) is 0 Å². The van der Waals surface area contributed by atoms with Crippen molar-refractivity contribution >= 4 is 57.7 Å². The molecule has 0 radical (unpaired) electrons. The van der Waals surface area contributed by atoms with Gasteiger partial charge in [0.05, 0.1) is 22.7 Å². The van der Waals surface area contributed by atoms with Gasteiger partial charge in [-0.3, -0.25) is 4.98 Å². The van der Waals surface area contributed by atoms with Crippen LogP contribution >= 0.6 is 35.7 Å². The van der Waals surface area contributed by atoms with E-state index in [-0.39, 0.29) is 0 Å². The van der Waals surface area contributed by atoms with Crippen molar-refractivity contribution in [2.75, 3.05) is 17.3 Å². The number of nitrogens with zero attached hydrogens (tertiary/aromatic N) is 2. The van der Waals surface area contributed by atoms with Gasteiger partial charge in [0.25, 0.3) is 0 Å². The Hall–Kier alpha value is -0.980. The predicted octanol–water partition coefficient (Wildman–Crippen LogP) is 4.10. The quantitative estimate of drug-likeness (QED) is 0.716. The monoisotopic (exact) mass is 333 g/mol.